The Morgan fingerprint density at radius 3 is 2.22 bits per heavy atom. The van der Waals surface area contributed by atoms with E-state index in [0.717, 1.165) is 12.1 Å². The highest BCUT2D eigenvalue weighted by Crippen LogP contribution is 2.29. The largest absolute Gasteiger partial charge is 0.416 e. The lowest BCUT2D eigenvalue weighted by molar-refractivity contribution is -0.137. The third-order valence-corrected chi connectivity index (χ3v) is 3.19. The van der Waals surface area contributed by atoms with Gasteiger partial charge in [-0.25, -0.2) is 0 Å². The SMILES string of the molecule is O=C(NNC(=O)c1ccccc1Cl)c1cccc(C(F)(F)F)c1. The summed E-state index contributed by atoms with van der Waals surface area (Å²) in [5.74, 6) is -1.56. The predicted octanol–water partition coefficient (Wildman–Crippen LogP) is 3.43. The second-order valence-corrected chi connectivity index (χ2v) is 4.87. The highest BCUT2D eigenvalue weighted by molar-refractivity contribution is 6.33. The van der Waals surface area contributed by atoms with Crippen molar-refractivity contribution < 1.29 is 22.8 Å². The maximum atomic E-state index is 12.6. The zero-order valence-corrected chi connectivity index (χ0v) is 12.2. The third kappa shape index (κ3) is 4.23. The minimum Gasteiger partial charge on any atom is -0.267 e. The third-order valence-electron chi connectivity index (χ3n) is 2.86. The van der Waals surface area contributed by atoms with Crippen LogP contribution in [0.4, 0.5) is 13.2 Å². The van der Waals surface area contributed by atoms with Gasteiger partial charge in [0.05, 0.1) is 16.1 Å². The molecule has 0 aliphatic rings. The minimum atomic E-state index is -4.56. The number of alkyl halides is 3. The second-order valence-electron chi connectivity index (χ2n) is 4.47. The van der Waals surface area contributed by atoms with Crippen LogP contribution < -0.4 is 10.9 Å². The standard InChI is InChI=1S/C15H10ClF3N2O2/c16-12-7-2-1-6-11(12)14(23)21-20-13(22)9-4-3-5-10(8-9)15(17,18)19/h1-8H,(H,20,22)(H,21,23). The van der Waals surface area contributed by atoms with Crippen LogP contribution in [0.25, 0.3) is 0 Å². The van der Waals surface area contributed by atoms with E-state index in [0.29, 0.717) is 6.07 Å². The number of benzene rings is 2. The van der Waals surface area contributed by atoms with Crippen LogP contribution in [0, 0.1) is 0 Å². The molecule has 2 aromatic carbocycles. The molecule has 0 saturated heterocycles. The first-order valence-corrected chi connectivity index (χ1v) is 6.69. The quantitative estimate of drug-likeness (QED) is 0.821. The Labute approximate surface area is 134 Å². The number of rotatable bonds is 2. The number of hydrogen-bond acceptors (Lipinski definition) is 2. The van der Waals surface area contributed by atoms with Gasteiger partial charge >= 0.3 is 6.18 Å². The zero-order chi connectivity index (χ0) is 17.0. The molecule has 23 heavy (non-hydrogen) atoms. The number of amides is 2. The fraction of sp³-hybridized carbons (Fsp3) is 0.0667. The summed E-state index contributed by atoms with van der Waals surface area (Å²) in [5.41, 5.74) is 3.06. The summed E-state index contributed by atoms with van der Waals surface area (Å²) < 4.78 is 37.8. The molecule has 2 amide bonds. The average molecular weight is 343 g/mol. The van der Waals surface area contributed by atoms with Crippen LogP contribution >= 0.6 is 11.6 Å². The second kappa shape index (κ2) is 6.70. The van der Waals surface area contributed by atoms with E-state index in [1.54, 1.807) is 12.1 Å². The Kier molecular flexibility index (Phi) is 4.90. The predicted molar refractivity (Wildman–Crippen MR) is 77.8 cm³/mol. The van der Waals surface area contributed by atoms with Gasteiger partial charge in [-0.15, -0.1) is 0 Å². The van der Waals surface area contributed by atoms with Crippen LogP contribution in [0.5, 0.6) is 0 Å². The summed E-state index contributed by atoms with van der Waals surface area (Å²) in [6, 6.07) is 9.98. The van der Waals surface area contributed by atoms with Gasteiger partial charge in [-0.05, 0) is 30.3 Å². The van der Waals surface area contributed by atoms with E-state index in [2.05, 4.69) is 5.43 Å². The molecule has 2 aromatic rings. The van der Waals surface area contributed by atoms with Gasteiger partial charge in [0, 0.05) is 5.56 Å². The van der Waals surface area contributed by atoms with Crippen molar-refractivity contribution in [3.63, 3.8) is 0 Å². The molecular formula is C15H10ClF3N2O2. The van der Waals surface area contributed by atoms with Crippen LogP contribution in [0.3, 0.4) is 0 Å². The van der Waals surface area contributed by atoms with Gasteiger partial charge in [0.15, 0.2) is 0 Å². The topological polar surface area (TPSA) is 58.2 Å². The van der Waals surface area contributed by atoms with Crippen molar-refractivity contribution >= 4 is 23.4 Å². The number of hydrazine groups is 1. The minimum absolute atomic E-state index is 0.124. The van der Waals surface area contributed by atoms with Crippen molar-refractivity contribution in [1.29, 1.82) is 0 Å². The molecule has 8 heteroatoms. The molecule has 0 heterocycles. The van der Waals surface area contributed by atoms with Crippen LogP contribution in [0.1, 0.15) is 26.3 Å². The number of carbonyl (C=O) groups excluding carboxylic acids is 2. The van der Waals surface area contributed by atoms with Crippen molar-refractivity contribution in [2.75, 3.05) is 0 Å². The lowest BCUT2D eigenvalue weighted by Crippen LogP contribution is -2.41. The molecule has 0 radical (unpaired) electrons. The highest BCUT2D eigenvalue weighted by Gasteiger charge is 2.30. The molecule has 0 spiro atoms. The van der Waals surface area contributed by atoms with Gasteiger partial charge in [0.1, 0.15) is 0 Å². The molecule has 0 unspecified atom stereocenters. The lowest BCUT2D eigenvalue weighted by Gasteiger charge is -2.10. The van der Waals surface area contributed by atoms with E-state index in [4.69, 9.17) is 11.6 Å². The normalized spacial score (nSPS) is 11.0. The van der Waals surface area contributed by atoms with Crippen molar-refractivity contribution in [3.05, 3.63) is 70.2 Å². The van der Waals surface area contributed by atoms with Gasteiger partial charge in [-0.3, -0.25) is 20.4 Å². The van der Waals surface area contributed by atoms with Crippen molar-refractivity contribution in [2.45, 2.75) is 6.18 Å². The first kappa shape index (κ1) is 16.8. The van der Waals surface area contributed by atoms with Crippen molar-refractivity contribution in [2.24, 2.45) is 0 Å². The lowest BCUT2D eigenvalue weighted by atomic mass is 10.1. The molecule has 0 aromatic heterocycles. The molecular weight excluding hydrogens is 333 g/mol. The molecule has 4 nitrogen and oxygen atoms in total. The van der Waals surface area contributed by atoms with E-state index in [1.807, 2.05) is 5.43 Å². The Bertz CT molecular complexity index is 747. The van der Waals surface area contributed by atoms with E-state index < -0.39 is 23.6 Å². The highest BCUT2D eigenvalue weighted by atomic mass is 35.5. The molecule has 0 aliphatic carbocycles. The van der Waals surface area contributed by atoms with Crippen LogP contribution in [-0.4, -0.2) is 11.8 Å². The summed E-state index contributed by atoms with van der Waals surface area (Å²) in [4.78, 5) is 23.7. The summed E-state index contributed by atoms with van der Waals surface area (Å²) in [6.45, 7) is 0. The summed E-state index contributed by atoms with van der Waals surface area (Å²) >= 11 is 5.82. The van der Waals surface area contributed by atoms with Crippen molar-refractivity contribution in [1.82, 2.24) is 10.9 Å². The summed E-state index contributed by atoms with van der Waals surface area (Å²) in [7, 11) is 0. The molecule has 120 valence electrons. The van der Waals surface area contributed by atoms with E-state index >= 15 is 0 Å². The molecule has 2 rings (SSSR count). The Morgan fingerprint density at radius 2 is 1.57 bits per heavy atom. The van der Waals surface area contributed by atoms with Gasteiger partial charge in [0.25, 0.3) is 11.8 Å². The fourth-order valence-corrected chi connectivity index (χ4v) is 1.96. The molecule has 0 atom stereocenters. The molecule has 0 aliphatic heterocycles. The van der Waals surface area contributed by atoms with Crippen LogP contribution in [0.2, 0.25) is 5.02 Å². The molecule has 0 saturated carbocycles. The van der Waals surface area contributed by atoms with Gasteiger partial charge in [0.2, 0.25) is 0 Å². The maximum absolute atomic E-state index is 12.6. The van der Waals surface area contributed by atoms with Gasteiger partial charge in [-0.1, -0.05) is 29.8 Å². The first-order chi connectivity index (χ1) is 10.8. The van der Waals surface area contributed by atoms with E-state index in [-0.39, 0.29) is 16.1 Å². The fourth-order valence-electron chi connectivity index (χ4n) is 1.74. The molecule has 0 fully saturated rings. The zero-order valence-electron chi connectivity index (χ0n) is 11.4. The number of carbonyl (C=O) groups is 2. The average Bonchev–Trinajstić information content (AvgIpc) is 2.52. The van der Waals surface area contributed by atoms with Crippen molar-refractivity contribution in [3.8, 4) is 0 Å². The summed E-state index contributed by atoms with van der Waals surface area (Å²) in [6.07, 6.45) is -4.56. The molecule has 2 N–H and O–H groups in total. The number of hydrogen-bond donors (Lipinski definition) is 2. The van der Waals surface area contributed by atoms with Gasteiger partial charge in [-0.2, -0.15) is 13.2 Å². The Hall–Kier alpha value is -2.54. The number of halogens is 4. The monoisotopic (exact) mass is 342 g/mol. The first-order valence-electron chi connectivity index (χ1n) is 6.31. The van der Waals surface area contributed by atoms with Crippen LogP contribution in [0.15, 0.2) is 48.5 Å². The summed E-state index contributed by atoms with van der Waals surface area (Å²) in [5, 5.41) is 0.179. The number of nitrogens with one attached hydrogen (secondary N) is 2. The Balaban J connectivity index is 2.06. The van der Waals surface area contributed by atoms with Crippen LogP contribution in [-0.2, 0) is 6.18 Å². The van der Waals surface area contributed by atoms with E-state index in [1.165, 1.54) is 18.2 Å². The molecule has 0 bridgehead atoms. The smallest absolute Gasteiger partial charge is 0.267 e. The van der Waals surface area contributed by atoms with Gasteiger partial charge < -0.3 is 0 Å². The van der Waals surface area contributed by atoms with E-state index in [9.17, 15) is 22.8 Å². The Morgan fingerprint density at radius 1 is 0.913 bits per heavy atom. The maximum Gasteiger partial charge on any atom is 0.416 e.